The molecule has 10 heteroatoms. The van der Waals surface area contributed by atoms with Gasteiger partial charge >= 0.3 is 45.9 Å². The molecule has 0 fully saturated rings. The van der Waals surface area contributed by atoms with E-state index in [0.29, 0.717) is 12.7 Å². The topological polar surface area (TPSA) is 141 Å². The van der Waals surface area contributed by atoms with Crippen LogP contribution in [0.2, 0.25) is 0 Å². The number of carboxylic acid groups (broad SMARTS) is 1. The number of carboxylic acids is 1. The van der Waals surface area contributed by atoms with Crippen molar-refractivity contribution in [2.45, 2.75) is 110 Å². The minimum Gasteiger partial charge on any atom is -0.545 e. The summed E-state index contributed by atoms with van der Waals surface area (Å²) in [6, 6.07) is 0. The van der Waals surface area contributed by atoms with Crippen LogP contribution in [0.15, 0.2) is 12.2 Å². The molecule has 0 amide bonds. The van der Waals surface area contributed by atoms with Crippen LogP contribution >= 0.6 is 0 Å². The van der Waals surface area contributed by atoms with Crippen LogP contribution in [0.1, 0.15) is 110 Å². The van der Waals surface area contributed by atoms with Crippen molar-refractivity contribution >= 4 is 22.3 Å². The number of unbranched alkanes of at least 4 members (excludes halogenated alkanes) is 15. The molecule has 0 aliphatic carbocycles. The molecule has 184 valence electrons. The number of hydrogen-bond acceptors (Lipinski definition) is 6. The Bertz CT molecular complexity index is 556. The van der Waals surface area contributed by atoms with E-state index in [4.69, 9.17) is 22.3 Å². The van der Waals surface area contributed by atoms with Gasteiger partial charge in [-0.05, 0) is 12.5 Å². The molecule has 0 bridgehead atoms. The van der Waals surface area contributed by atoms with Gasteiger partial charge in [-0.3, -0.25) is 9.11 Å². The summed E-state index contributed by atoms with van der Waals surface area (Å²) in [4.78, 5) is 21.2. The minimum absolute atomic E-state index is 0. The number of rotatable bonds is 19. The van der Waals surface area contributed by atoms with E-state index in [0.717, 1.165) is 18.9 Å². The van der Waals surface area contributed by atoms with Crippen LogP contribution in [0, 0.1) is 0 Å². The monoisotopic (exact) mass is 488 g/mol. The molecule has 0 unspecified atom stereocenters. The molecule has 0 saturated heterocycles. The predicted octanol–water partition coefficient (Wildman–Crippen LogP) is 1.45. The zero-order valence-corrected chi connectivity index (χ0v) is 22.7. The van der Waals surface area contributed by atoms with Crippen LogP contribution in [0.25, 0.3) is 0 Å². The molecule has 0 aromatic rings. The average molecular weight is 489 g/mol. The molecule has 32 heavy (non-hydrogen) atoms. The molecule has 8 nitrogen and oxygen atoms in total. The van der Waals surface area contributed by atoms with E-state index >= 15 is 0 Å². The standard InChI is InChI=1S/C22H40O4.Na.H2O4S/c1-2-3-4-5-6-7-8-9-10-11-12-13-14-15-16-17-20-26-22(25)19-18-21(23)24;;1-5(2,3)4/h18-19H,2-17,20H2,1H3,(H,23,24);;(H2,1,2,3,4)/q;+1;/p-1/b19-18+;;. The fraction of sp³-hybridized carbons (Fsp3) is 0.818. The Labute approximate surface area is 216 Å². The first-order chi connectivity index (χ1) is 14.7. The summed E-state index contributed by atoms with van der Waals surface area (Å²) in [7, 11) is -4.67. The normalized spacial score (nSPS) is 10.8. The molecule has 0 rings (SSSR count). The SMILES string of the molecule is CCCCCCCCCCCCCCCCCCOC(=O)/C=C/C(=O)[O-].O=S(=O)(O)O.[Na+]. The molecule has 0 saturated carbocycles. The Morgan fingerprint density at radius 3 is 1.34 bits per heavy atom. The van der Waals surface area contributed by atoms with Crippen LogP contribution in [0.5, 0.6) is 0 Å². The maximum Gasteiger partial charge on any atom is 1.00 e. The van der Waals surface area contributed by atoms with Crippen molar-refractivity contribution in [1.29, 1.82) is 0 Å². The van der Waals surface area contributed by atoms with E-state index in [1.807, 2.05) is 0 Å². The molecular formula is C22H41NaO8S. The van der Waals surface area contributed by atoms with Crippen molar-refractivity contribution in [2.24, 2.45) is 0 Å². The summed E-state index contributed by atoms with van der Waals surface area (Å²) < 4.78 is 36.5. The molecule has 0 heterocycles. The van der Waals surface area contributed by atoms with E-state index in [9.17, 15) is 14.7 Å². The van der Waals surface area contributed by atoms with Gasteiger partial charge in [0.1, 0.15) is 0 Å². The summed E-state index contributed by atoms with van der Waals surface area (Å²) in [5.41, 5.74) is 0. The summed E-state index contributed by atoms with van der Waals surface area (Å²) >= 11 is 0. The smallest absolute Gasteiger partial charge is 0.545 e. The fourth-order valence-corrected chi connectivity index (χ4v) is 3.01. The molecular weight excluding hydrogens is 447 g/mol. The second-order valence-electron chi connectivity index (χ2n) is 7.57. The third kappa shape index (κ3) is 43.4. The summed E-state index contributed by atoms with van der Waals surface area (Å²) in [6.45, 7) is 2.62. The Balaban J connectivity index is -0.00000125. The number of carbonyl (C=O) groups excluding carboxylic acids is 2. The fourth-order valence-electron chi connectivity index (χ4n) is 3.01. The first-order valence-electron chi connectivity index (χ1n) is 11.4. The first kappa shape index (κ1) is 36.1. The maximum atomic E-state index is 11.1. The molecule has 0 aliphatic rings. The zero-order chi connectivity index (χ0) is 23.8. The average Bonchev–Trinajstić information content (AvgIpc) is 2.67. The number of esters is 1. The third-order valence-corrected chi connectivity index (χ3v) is 4.60. The summed E-state index contributed by atoms with van der Waals surface area (Å²) in [5, 5.41) is 10.1. The third-order valence-electron chi connectivity index (χ3n) is 4.60. The van der Waals surface area contributed by atoms with Crippen molar-refractivity contribution in [3.63, 3.8) is 0 Å². The number of hydrogen-bond donors (Lipinski definition) is 2. The molecule has 0 aromatic heterocycles. The van der Waals surface area contributed by atoms with E-state index in [2.05, 4.69) is 6.92 Å². The van der Waals surface area contributed by atoms with Gasteiger partial charge in [-0.2, -0.15) is 8.42 Å². The zero-order valence-electron chi connectivity index (χ0n) is 19.9. The maximum absolute atomic E-state index is 11.1. The van der Waals surface area contributed by atoms with Gasteiger partial charge in [-0.1, -0.05) is 103 Å². The van der Waals surface area contributed by atoms with Gasteiger partial charge in [0.25, 0.3) is 0 Å². The predicted molar refractivity (Wildman–Crippen MR) is 119 cm³/mol. The number of carbonyl (C=O) groups is 2. The van der Waals surface area contributed by atoms with Gasteiger partial charge in [0, 0.05) is 6.08 Å². The van der Waals surface area contributed by atoms with Crippen LogP contribution in [-0.2, 0) is 24.7 Å². The molecule has 0 radical (unpaired) electrons. The number of ether oxygens (including phenoxy) is 1. The molecule has 2 N–H and O–H groups in total. The van der Waals surface area contributed by atoms with Gasteiger partial charge in [0.15, 0.2) is 0 Å². The Morgan fingerprint density at radius 1 is 0.719 bits per heavy atom. The Kier molecular flexibility index (Phi) is 30.3. The van der Waals surface area contributed by atoms with E-state index < -0.39 is 22.3 Å². The molecule has 0 aromatic carbocycles. The second-order valence-corrected chi connectivity index (χ2v) is 8.47. The quantitative estimate of drug-likeness (QED) is 0.0915. The van der Waals surface area contributed by atoms with E-state index in [1.54, 1.807) is 0 Å². The second kappa shape index (κ2) is 26.8. The van der Waals surface area contributed by atoms with Crippen LogP contribution in [0.4, 0.5) is 0 Å². The van der Waals surface area contributed by atoms with Crippen LogP contribution < -0.4 is 34.7 Å². The molecule has 0 aliphatic heterocycles. The van der Waals surface area contributed by atoms with E-state index in [-0.39, 0.29) is 29.6 Å². The van der Waals surface area contributed by atoms with Gasteiger partial charge in [-0.25, -0.2) is 4.79 Å². The van der Waals surface area contributed by atoms with Crippen molar-refractivity contribution < 1.29 is 66.5 Å². The Hall–Kier alpha value is -0.450. The van der Waals surface area contributed by atoms with Gasteiger partial charge in [0.2, 0.25) is 0 Å². The van der Waals surface area contributed by atoms with Crippen molar-refractivity contribution in [3.8, 4) is 0 Å². The van der Waals surface area contributed by atoms with Crippen molar-refractivity contribution in [1.82, 2.24) is 0 Å². The minimum atomic E-state index is -4.67. The van der Waals surface area contributed by atoms with Gasteiger partial charge < -0.3 is 14.6 Å². The summed E-state index contributed by atoms with van der Waals surface area (Å²) in [5.74, 6) is -2.00. The van der Waals surface area contributed by atoms with Gasteiger partial charge in [0.05, 0.1) is 12.6 Å². The molecule has 0 spiro atoms. The van der Waals surface area contributed by atoms with Crippen molar-refractivity contribution in [3.05, 3.63) is 12.2 Å². The summed E-state index contributed by atoms with van der Waals surface area (Å²) in [6.07, 6.45) is 22.4. The van der Waals surface area contributed by atoms with Crippen LogP contribution in [0.3, 0.4) is 0 Å². The van der Waals surface area contributed by atoms with Crippen LogP contribution in [-0.4, -0.2) is 36.1 Å². The first-order valence-corrected chi connectivity index (χ1v) is 12.8. The van der Waals surface area contributed by atoms with E-state index in [1.165, 1.54) is 89.9 Å². The number of aliphatic carboxylic acids is 1. The van der Waals surface area contributed by atoms with Crippen molar-refractivity contribution in [2.75, 3.05) is 6.61 Å². The molecule has 0 atom stereocenters. The largest absolute Gasteiger partial charge is 1.00 e. The van der Waals surface area contributed by atoms with Gasteiger partial charge in [-0.15, -0.1) is 0 Å². The Morgan fingerprint density at radius 2 is 1.03 bits per heavy atom.